The van der Waals surface area contributed by atoms with Crippen LogP contribution in [0.5, 0.6) is 0 Å². The van der Waals surface area contributed by atoms with Crippen molar-refractivity contribution in [3.05, 3.63) is 107 Å². The maximum absolute atomic E-state index is 8.58. The summed E-state index contributed by atoms with van der Waals surface area (Å²) in [6, 6.07) is 29.4. The number of hydrogen-bond acceptors (Lipinski definition) is 3. The molecular weight excluding hydrogens is 400 g/mol. The van der Waals surface area contributed by atoms with E-state index < -0.39 is 0 Å². The number of hydrogen-bond donors (Lipinski definition) is 3. The number of carbonyl (C=O) groups is 1. The van der Waals surface area contributed by atoms with E-state index in [4.69, 9.17) is 15.3 Å². The third-order valence-corrected chi connectivity index (χ3v) is 5.26. The van der Waals surface area contributed by atoms with Gasteiger partial charge in [-0.15, -0.1) is 0 Å². The summed E-state index contributed by atoms with van der Waals surface area (Å²) in [5.41, 5.74) is 12.3. The fourth-order valence-electron chi connectivity index (χ4n) is 3.95. The zero-order valence-corrected chi connectivity index (χ0v) is 18.9. The van der Waals surface area contributed by atoms with Crippen molar-refractivity contribution in [3.63, 3.8) is 0 Å². The molecule has 0 fully saturated rings. The van der Waals surface area contributed by atoms with E-state index in [-0.39, 0.29) is 6.41 Å². The van der Waals surface area contributed by atoms with Crippen molar-refractivity contribution >= 4 is 17.3 Å². The number of nitrogens with two attached hydrogens (primary N) is 1. The van der Waals surface area contributed by atoms with Gasteiger partial charge in [0.05, 0.1) is 0 Å². The van der Waals surface area contributed by atoms with Crippen molar-refractivity contribution in [2.75, 3.05) is 0 Å². The van der Waals surface area contributed by atoms with E-state index in [2.05, 4.69) is 110 Å². The molecule has 32 heavy (non-hydrogen) atoms. The van der Waals surface area contributed by atoms with E-state index in [1.165, 1.54) is 38.9 Å². The number of nitrogens with zero attached hydrogens (tertiary/aromatic N) is 1. The topological polar surface area (TPSA) is 88.5 Å². The number of fused-ring (bicyclic) bond motifs is 1. The van der Waals surface area contributed by atoms with Crippen LogP contribution in [0.1, 0.15) is 47.8 Å². The summed E-state index contributed by atoms with van der Waals surface area (Å²) >= 11 is 0. The van der Waals surface area contributed by atoms with E-state index in [0.717, 1.165) is 12.8 Å². The molecule has 1 heterocycles. The lowest BCUT2D eigenvalue weighted by Gasteiger charge is -2.15. The Kier molecular flexibility index (Phi) is 9.67. The van der Waals surface area contributed by atoms with Gasteiger partial charge in [0.2, 0.25) is 6.41 Å². The number of aromatic nitrogens is 1. The highest BCUT2D eigenvalue weighted by atomic mass is 17.0. The summed E-state index contributed by atoms with van der Waals surface area (Å²) in [6.07, 6.45) is 2.21. The first-order chi connectivity index (χ1) is 15.5. The van der Waals surface area contributed by atoms with Crippen molar-refractivity contribution in [3.8, 4) is 0 Å². The van der Waals surface area contributed by atoms with Crippen LogP contribution in [0.2, 0.25) is 0 Å². The average molecular weight is 433 g/mol. The Morgan fingerprint density at radius 1 is 0.844 bits per heavy atom. The molecule has 1 aromatic heterocycles. The largest absolute Gasteiger partial charge is 0.372 e. The van der Waals surface area contributed by atoms with Crippen molar-refractivity contribution in [1.29, 1.82) is 0 Å². The van der Waals surface area contributed by atoms with Gasteiger partial charge < -0.3 is 10.3 Å². The van der Waals surface area contributed by atoms with Gasteiger partial charge >= 0.3 is 0 Å². The van der Waals surface area contributed by atoms with Gasteiger partial charge in [-0.1, -0.05) is 66.2 Å². The second kappa shape index (κ2) is 12.4. The number of aryl methyl sites for hydroxylation is 1. The second-order valence-electron chi connectivity index (χ2n) is 7.95. The van der Waals surface area contributed by atoms with Gasteiger partial charge in [0.25, 0.3) is 0 Å². The quantitative estimate of drug-likeness (QED) is 0.211. The van der Waals surface area contributed by atoms with Crippen LogP contribution in [0.3, 0.4) is 0 Å². The summed E-state index contributed by atoms with van der Waals surface area (Å²) in [7, 11) is 0. The van der Waals surface area contributed by atoms with Gasteiger partial charge in [0.1, 0.15) is 0 Å². The molecule has 0 bridgehead atoms. The predicted octanol–water partition coefficient (Wildman–Crippen LogP) is 5.83. The first-order valence-corrected chi connectivity index (χ1v) is 10.6. The molecule has 0 atom stereocenters. The minimum absolute atomic E-state index is 0.250. The Balaban J connectivity index is 0.000000671. The van der Waals surface area contributed by atoms with Crippen LogP contribution in [0, 0.1) is 6.92 Å². The monoisotopic (exact) mass is 432 g/mol. The minimum atomic E-state index is 0.250. The van der Waals surface area contributed by atoms with Gasteiger partial charge in [0, 0.05) is 29.1 Å². The average Bonchev–Trinajstić information content (AvgIpc) is 3.15. The van der Waals surface area contributed by atoms with Crippen molar-refractivity contribution in [1.82, 2.24) is 4.57 Å². The molecule has 1 amide bonds. The normalized spacial score (nSPS) is 10.2. The minimum Gasteiger partial charge on any atom is -0.372 e. The first-order valence-electron chi connectivity index (χ1n) is 10.6. The Morgan fingerprint density at radius 2 is 1.41 bits per heavy atom. The van der Waals surface area contributed by atoms with Crippen LogP contribution in [0.4, 0.5) is 0 Å². The number of primary amides is 1. The maximum Gasteiger partial charge on any atom is 0.204 e. The molecule has 0 aliphatic carbocycles. The summed E-state index contributed by atoms with van der Waals surface area (Å²) in [6.45, 7) is 6.68. The molecule has 3 aromatic carbocycles. The van der Waals surface area contributed by atoms with Gasteiger partial charge in [-0.2, -0.15) is 0 Å². The molecule has 168 valence electrons. The van der Waals surface area contributed by atoms with Crippen LogP contribution < -0.4 is 5.73 Å². The van der Waals surface area contributed by atoms with Crippen molar-refractivity contribution in [2.45, 2.75) is 39.7 Å². The fraction of sp³-hybridized carbons (Fsp3) is 0.222. The van der Waals surface area contributed by atoms with Crippen LogP contribution in [0.25, 0.3) is 10.9 Å². The molecule has 4 rings (SSSR count). The maximum atomic E-state index is 8.58. The van der Waals surface area contributed by atoms with E-state index in [1.807, 2.05) is 0 Å². The number of rotatable bonds is 5. The van der Waals surface area contributed by atoms with Gasteiger partial charge in [0.15, 0.2) is 0 Å². The summed E-state index contributed by atoms with van der Waals surface area (Å²) < 4.78 is 2.48. The first kappa shape index (κ1) is 24.9. The fourth-order valence-corrected chi connectivity index (χ4v) is 3.95. The molecule has 0 unspecified atom stereocenters. The molecule has 0 saturated carbocycles. The second-order valence-corrected chi connectivity index (χ2v) is 7.95. The van der Waals surface area contributed by atoms with E-state index in [1.54, 1.807) is 0 Å². The lowest BCUT2D eigenvalue weighted by Crippen LogP contribution is -2.05. The van der Waals surface area contributed by atoms with Crippen molar-refractivity contribution in [2.24, 2.45) is 5.73 Å². The Bertz CT molecular complexity index is 1100. The zero-order valence-electron chi connectivity index (χ0n) is 18.9. The lowest BCUT2D eigenvalue weighted by molar-refractivity contribution is -0.176. The summed E-state index contributed by atoms with van der Waals surface area (Å²) in [5, 5.41) is 13.3. The van der Waals surface area contributed by atoms with E-state index in [0.29, 0.717) is 6.04 Å². The Labute approximate surface area is 189 Å². The highest BCUT2D eigenvalue weighted by molar-refractivity contribution is 5.82. The van der Waals surface area contributed by atoms with Gasteiger partial charge in [-0.3, -0.25) is 15.3 Å². The SMILES string of the molecule is Cc1ccc(Cc2ccc3c(c2)cc(Cc2ccccc2)n3C(C)C)cc1.NC=O.OO. The Morgan fingerprint density at radius 3 is 2.00 bits per heavy atom. The highest BCUT2D eigenvalue weighted by Crippen LogP contribution is 2.27. The van der Waals surface area contributed by atoms with Crippen molar-refractivity contribution < 1.29 is 15.3 Å². The highest BCUT2D eigenvalue weighted by Gasteiger charge is 2.12. The van der Waals surface area contributed by atoms with Crippen LogP contribution in [-0.4, -0.2) is 21.5 Å². The molecule has 5 heteroatoms. The van der Waals surface area contributed by atoms with E-state index >= 15 is 0 Å². The predicted molar refractivity (Wildman–Crippen MR) is 131 cm³/mol. The van der Waals surface area contributed by atoms with Crippen LogP contribution in [0.15, 0.2) is 78.9 Å². The van der Waals surface area contributed by atoms with Gasteiger partial charge in [-0.25, -0.2) is 0 Å². The smallest absolute Gasteiger partial charge is 0.204 e. The zero-order chi connectivity index (χ0) is 23.5. The Hall–Kier alpha value is -3.41. The van der Waals surface area contributed by atoms with E-state index in [9.17, 15) is 0 Å². The standard InChI is InChI=1S/C26H27N.CH3NO.H2O2/c1-19(2)27-25(17-21-7-5-4-6-8-21)18-24-16-23(13-14-26(24)27)15-22-11-9-20(3)10-12-22;2-1-3;1-2/h4-14,16,18-19H,15,17H2,1-3H3;1H,(H2,2,3);1-2H. The van der Waals surface area contributed by atoms with Crippen LogP contribution in [-0.2, 0) is 17.6 Å². The molecular formula is C27H32N2O3. The summed E-state index contributed by atoms with van der Waals surface area (Å²) in [4.78, 5) is 8.58. The molecule has 4 N–H and O–H groups in total. The molecule has 0 radical (unpaired) electrons. The molecule has 5 nitrogen and oxygen atoms in total. The number of carbonyl (C=O) groups excluding carboxylic acids is 1. The number of benzene rings is 3. The van der Waals surface area contributed by atoms with Crippen LogP contribution >= 0.6 is 0 Å². The molecule has 0 spiro atoms. The molecule has 0 saturated heterocycles. The molecule has 4 aromatic rings. The third kappa shape index (κ3) is 6.54. The molecule has 0 aliphatic heterocycles. The number of amides is 1. The molecule has 0 aliphatic rings. The third-order valence-electron chi connectivity index (χ3n) is 5.26. The van der Waals surface area contributed by atoms with Gasteiger partial charge in [-0.05, 0) is 62.1 Å². The lowest BCUT2D eigenvalue weighted by atomic mass is 10.0. The summed E-state index contributed by atoms with van der Waals surface area (Å²) in [5.74, 6) is 0.